The molecule has 2 heterocycles. The molecule has 2 saturated heterocycles. The van der Waals surface area contributed by atoms with Gasteiger partial charge in [0.25, 0.3) is 5.91 Å². The van der Waals surface area contributed by atoms with Crippen LogP contribution in [0.4, 0.5) is 13.2 Å². The number of nitrogens with zero attached hydrogens (tertiary/aromatic N) is 2. The molecule has 0 saturated carbocycles. The molecule has 7 heteroatoms. The summed E-state index contributed by atoms with van der Waals surface area (Å²) >= 11 is 0. The van der Waals surface area contributed by atoms with Crippen LogP contribution in [0.25, 0.3) is 0 Å². The number of carbonyl (C=O) groups is 2. The second-order valence-corrected chi connectivity index (χ2v) is 7.03. The number of amides is 2. The van der Waals surface area contributed by atoms with Gasteiger partial charge in [-0.15, -0.1) is 0 Å². The Balaban J connectivity index is 1.70. The van der Waals surface area contributed by atoms with Crippen LogP contribution in [0.5, 0.6) is 0 Å². The molecule has 0 aromatic heterocycles. The normalized spacial score (nSPS) is 20.2. The van der Waals surface area contributed by atoms with Gasteiger partial charge < -0.3 is 9.80 Å². The molecule has 0 bridgehead atoms. The van der Waals surface area contributed by atoms with Gasteiger partial charge in [-0.25, -0.2) is 0 Å². The number of piperidine rings is 1. The Kier molecular flexibility index (Phi) is 4.51. The van der Waals surface area contributed by atoms with E-state index in [1.807, 2.05) is 4.90 Å². The summed E-state index contributed by atoms with van der Waals surface area (Å²) in [4.78, 5) is 27.4. The van der Waals surface area contributed by atoms with Crippen LogP contribution in [0, 0.1) is 5.41 Å². The number of hydrogen-bond acceptors (Lipinski definition) is 2. The highest BCUT2D eigenvalue weighted by Gasteiger charge is 2.43. The fraction of sp³-hybridized carbons (Fsp3) is 0.556. The van der Waals surface area contributed by atoms with E-state index in [2.05, 4.69) is 0 Å². The maximum absolute atomic E-state index is 13.1. The maximum Gasteiger partial charge on any atom is 0.417 e. The van der Waals surface area contributed by atoms with E-state index in [4.69, 9.17) is 0 Å². The monoisotopic (exact) mass is 354 g/mol. The van der Waals surface area contributed by atoms with E-state index in [0.717, 1.165) is 31.9 Å². The Morgan fingerprint density at radius 2 is 1.56 bits per heavy atom. The Morgan fingerprint density at radius 3 is 2.08 bits per heavy atom. The SMILES string of the molecule is CC(=O)N1CCC2(CCN(C(=O)c3ccccc3C(F)(F)F)CC2)C1. The largest absolute Gasteiger partial charge is 0.417 e. The van der Waals surface area contributed by atoms with E-state index in [1.54, 1.807) is 6.92 Å². The zero-order valence-corrected chi connectivity index (χ0v) is 14.1. The summed E-state index contributed by atoms with van der Waals surface area (Å²) in [5, 5.41) is 0. The summed E-state index contributed by atoms with van der Waals surface area (Å²) in [6.45, 7) is 3.81. The zero-order valence-electron chi connectivity index (χ0n) is 14.1. The number of carbonyl (C=O) groups excluding carboxylic acids is 2. The minimum absolute atomic E-state index is 0.00595. The van der Waals surface area contributed by atoms with Crippen molar-refractivity contribution >= 4 is 11.8 Å². The summed E-state index contributed by atoms with van der Waals surface area (Å²) in [6, 6.07) is 4.93. The summed E-state index contributed by atoms with van der Waals surface area (Å²) < 4.78 is 39.4. The van der Waals surface area contributed by atoms with Crippen LogP contribution in [0.15, 0.2) is 24.3 Å². The first-order chi connectivity index (χ1) is 11.7. The molecular formula is C18H21F3N2O2. The van der Waals surface area contributed by atoms with E-state index < -0.39 is 17.6 Å². The Bertz CT molecular complexity index is 679. The second-order valence-electron chi connectivity index (χ2n) is 7.03. The predicted molar refractivity (Wildman–Crippen MR) is 85.9 cm³/mol. The molecule has 0 N–H and O–H groups in total. The first-order valence-electron chi connectivity index (χ1n) is 8.43. The molecule has 4 nitrogen and oxygen atoms in total. The lowest BCUT2D eigenvalue weighted by Crippen LogP contribution is -2.45. The molecule has 0 atom stereocenters. The zero-order chi connectivity index (χ0) is 18.2. The van der Waals surface area contributed by atoms with Crippen LogP contribution in [-0.2, 0) is 11.0 Å². The third kappa shape index (κ3) is 3.50. The summed E-state index contributed by atoms with van der Waals surface area (Å²) in [5.74, 6) is -0.515. The molecule has 1 aromatic carbocycles. The number of benzene rings is 1. The minimum Gasteiger partial charge on any atom is -0.342 e. The van der Waals surface area contributed by atoms with Gasteiger partial charge >= 0.3 is 6.18 Å². The Hall–Kier alpha value is -2.05. The van der Waals surface area contributed by atoms with Gasteiger partial charge in [-0.1, -0.05) is 12.1 Å². The van der Waals surface area contributed by atoms with Crippen LogP contribution in [0.1, 0.15) is 42.1 Å². The van der Waals surface area contributed by atoms with Crippen LogP contribution < -0.4 is 0 Å². The third-order valence-corrected chi connectivity index (χ3v) is 5.46. The quantitative estimate of drug-likeness (QED) is 0.777. The van der Waals surface area contributed by atoms with Crippen molar-refractivity contribution in [2.24, 2.45) is 5.41 Å². The third-order valence-electron chi connectivity index (χ3n) is 5.46. The van der Waals surface area contributed by atoms with Gasteiger partial charge in [0.2, 0.25) is 5.91 Å². The van der Waals surface area contributed by atoms with Gasteiger partial charge in [0.1, 0.15) is 0 Å². The molecule has 2 amide bonds. The van der Waals surface area contributed by atoms with E-state index in [-0.39, 0.29) is 16.9 Å². The lowest BCUT2D eigenvalue weighted by Gasteiger charge is -2.39. The van der Waals surface area contributed by atoms with Crippen LogP contribution in [-0.4, -0.2) is 47.8 Å². The van der Waals surface area contributed by atoms with Crippen LogP contribution in [0.2, 0.25) is 0 Å². The van der Waals surface area contributed by atoms with E-state index in [9.17, 15) is 22.8 Å². The molecule has 0 unspecified atom stereocenters. The van der Waals surface area contributed by atoms with Crippen molar-refractivity contribution < 1.29 is 22.8 Å². The first kappa shape index (κ1) is 17.8. The summed E-state index contributed by atoms with van der Waals surface area (Å²) in [5.41, 5.74) is -1.17. The number of halogens is 3. The van der Waals surface area contributed by atoms with Crippen molar-refractivity contribution in [1.82, 2.24) is 9.80 Å². The Labute approximate surface area is 144 Å². The number of likely N-dealkylation sites (tertiary alicyclic amines) is 2. The predicted octanol–water partition coefficient (Wildman–Crippen LogP) is 3.18. The van der Waals surface area contributed by atoms with Gasteiger partial charge in [-0.05, 0) is 36.8 Å². The topological polar surface area (TPSA) is 40.6 Å². The average Bonchev–Trinajstić information content (AvgIpc) is 2.98. The molecule has 2 fully saturated rings. The van der Waals surface area contributed by atoms with E-state index >= 15 is 0 Å². The molecule has 3 rings (SSSR count). The second kappa shape index (κ2) is 6.35. The van der Waals surface area contributed by atoms with E-state index in [1.165, 1.54) is 23.1 Å². The summed E-state index contributed by atoms with van der Waals surface area (Å²) in [6.07, 6.45) is -2.21. The van der Waals surface area contributed by atoms with Gasteiger partial charge in [0.05, 0.1) is 11.1 Å². The number of rotatable bonds is 1. The average molecular weight is 354 g/mol. The fourth-order valence-electron chi connectivity index (χ4n) is 3.88. The minimum atomic E-state index is -4.54. The van der Waals surface area contributed by atoms with Crippen molar-refractivity contribution in [2.45, 2.75) is 32.4 Å². The number of hydrogen-bond donors (Lipinski definition) is 0. The Morgan fingerprint density at radius 1 is 1.00 bits per heavy atom. The molecule has 0 aliphatic carbocycles. The van der Waals surface area contributed by atoms with Gasteiger partial charge in [-0.2, -0.15) is 13.2 Å². The lowest BCUT2D eigenvalue weighted by molar-refractivity contribution is -0.138. The van der Waals surface area contributed by atoms with E-state index in [0.29, 0.717) is 19.6 Å². The highest BCUT2D eigenvalue weighted by atomic mass is 19.4. The molecule has 2 aliphatic rings. The van der Waals surface area contributed by atoms with Gasteiger partial charge in [-0.3, -0.25) is 9.59 Å². The molecule has 0 radical (unpaired) electrons. The lowest BCUT2D eigenvalue weighted by atomic mass is 9.77. The van der Waals surface area contributed by atoms with Crippen molar-refractivity contribution in [3.8, 4) is 0 Å². The van der Waals surface area contributed by atoms with Crippen molar-refractivity contribution in [3.05, 3.63) is 35.4 Å². The molecule has 1 aromatic rings. The van der Waals surface area contributed by atoms with Crippen molar-refractivity contribution in [3.63, 3.8) is 0 Å². The standard InChI is InChI=1S/C18H21F3N2O2/c1-13(24)23-11-8-17(12-23)6-9-22(10-7-17)16(25)14-4-2-3-5-15(14)18(19,20)21/h2-5H,6-12H2,1H3. The van der Waals surface area contributed by atoms with Crippen molar-refractivity contribution in [1.29, 1.82) is 0 Å². The van der Waals surface area contributed by atoms with Crippen molar-refractivity contribution in [2.75, 3.05) is 26.2 Å². The molecule has 136 valence electrons. The maximum atomic E-state index is 13.1. The number of alkyl halides is 3. The molecule has 25 heavy (non-hydrogen) atoms. The highest BCUT2D eigenvalue weighted by molar-refractivity contribution is 5.96. The van der Waals surface area contributed by atoms with Gasteiger partial charge in [0.15, 0.2) is 0 Å². The van der Waals surface area contributed by atoms with Crippen LogP contribution in [0.3, 0.4) is 0 Å². The highest BCUT2D eigenvalue weighted by Crippen LogP contribution is 2.41. The van der Waals surface area contributed by atoms with Crippen LogP contribution >= 0.6 is 0 Å². The smallest absolute Gasteiger partial charge is 0.342 e. The summed E-state index contributed by atoms with van der Waals surface area (Å²) in [7, 11) is 0. The molecular weight excluding hydrogens is 333 g/mol. The molecule has 2 aliphatic heterocycles. The fourth-order valence-corrected chi connectivity index (χ4v) is 3.88. The van der Waals surface area contributed by atoms with Gasteiger partial charge in [0, 0.05) is 33.1 Å². The molecule has 1 spiro atoms. The first-order valence-corrected chi connectivity index (χ1v) is 8.43.